The number of methoxy groups -OCH3 is 1. The van der Waals surface area contributed by atoms with Crippen molar-refractivity contribution >= 4 is 22.9 Å². The van der Waals surface area contributed by atoms with E-state index in [1.165, 1.54) is 11.8 Å². The van der Waals surface area contributed by atoms with Gasteiger partial charge in [-0.1, -0.05) is 36.0 Å². The molecule has 0 aliphatic carbocycles. The van der Waals surface area contributed by atoms with Crippen molar-refractivity contribution in [1.82, 2.24) is 4.90 Å². The van der Waals surface area contributed by atoms with Crippen LogP contribution in [-0.4, -0.2) is 29.8 Å². The van der Waals surface area contributed by atoms with Crippen LogP contribution in [0.25, 0.3) is 0 Å². The van der Waals surface area contributed by atoms with Gasteiger partial charge in [0, 0.05) is 11.8 Å². The first-order chi connectivity index (χ1) is 16.1. The fourth-order valence-electron chi connectivity index (χ4n) is 3.78. The van der Waals surface area contributed by atoms with E-state index in [9.17, 15) is 10.1 Å². The van der Waals surface area contributed by atoms with Crippen molar-refractivity contribution in [2.24, 2.45) is 4.99 Å². The summed E-state index contributed by atoms with van der Waals surface area (Å²) in [6, 6.07) is 14.7. The van der Waals surface area contributed by atoms with Crippen LogP contribution in [0.4, 0.5) is 0 Å². The Morgan fingerprint density at radius 2 is 2.06 bits per heavy atom. The number of rotatable bonds is 7. The highest BCUT2D eigenvalue weighted by Gasteiger charge is 2.37. The van der Waals surface area contributed by atoms with Crippen molar-refractivity contribution in [3.05, 3.63) is 82.0 Å². The zero-order valence-corrected chi connectivity index (χ0v) is 19.4. The number of carbonyl (C=O) groups is 1. The van der Waals surface area contributed by atoms with E-state index in [0.717, 1.165) is 16.3 Å². The second-order valence-electron chi connectivity index (χ2n) is 7.29. The normalized spacial score (nSPS) is 16.7. The number of hydrogen-bond donors (Lipinski definition) is 0. The molecule has 0 radical (unpaired) electrons. The van der Waals surface area contributed by atoms with E-state index in [0.29, 0.717) is 28.3 Å². The Hall–Kier alpha value is -3.70. The first-order valence-corrected chi connectivity index (χ1v) is 11.3. The molecule has 0 bridgehead atoms. The number of nitriles is 1. The molecule has 0 saturated heterocycles. The maximum atomic E-state index is 12.8. The van der Waals surface area contributed by atoms with Gasteiger partial charge >= 0.3 is 5.97 Å². The van der Waals surface area contributed by atoms with Crippen LogP contribution in [0.1, 0.15) is 36.6 Å². The van der Waals surface area contributed by atoms with Crippen LogP contribution in [-0.2, 0) is 16.1 Å². The molecule has 0 unspecified atom stereocenters. The quantitative estimate of drug-likeness (QED) is 0.542. The molecule has 0 saturated carbocycles. The monoisotopic (exact) mass is 461 g/mol. The van der Waals surface area contributed by atoms with Crippen LogP contribution in [0.3, 0.4) is 0 Å². The zero-order valence-electron chi connectivity index (χ0n) is 18.6. The van der Waals surface area contributed by atoms with Gasteiger partial charge in [0.1, 0.15) is 6.61 Å². The van der Waals surface area contributed by atoms with Crippen LogP contribution in [0.15, 0.2) is 70.3 Å². The fourth-order valence-corrected chi connectivity index (χ4v) is 4.57. The van der Waals surface area contributed by atoms with Gasteiger partial charge in [-0.2, -0.15) is 5.26 Å². The van der Waals surface area contributed by atoms with E-state index >= 15 is 0 Å². The van der Waals surface area contributed by atoms with Crippen molar-refractivity contribution in [2.75, 3.05) is 13.7 Å². The largest absolute Gasteiger partial charge is 0.493 e. The predicted molar refractivity (Wildman–Crippen MR) is 127 cm³/mol. The standard InChI is InChI=1S/C25H23N3O4S/c1-4-31-24(29)22-16(2)27-25-28(11-12-33-25)23(22)17-9-10-20(21(13-17)30-3)32-15-19-8-6-5-7-18(19)14-26/h5-13,23H,4,15H2,1-3H3/t23-/m1/s1. The highest BCUT2D eigenvalue weighted by atomic mass is 32.2. The minimum atomic E-state index is -0.398. The Kier molecular flexibility index (Phi) is 6.71. The third kappa shape index (κ3) is 4.45. The second kappa shape index (κ2) is 9.84. The van der Waals surface area contributed by atoms with Crippen molar-refractivity contribution in [3.63, 3.8) is 0 Å². The van der Waals surface area contributed by atoms with E-state index < -0.39 is 6.04 Å². The van der Waals surface area contributed by atoms with Gasteiger partial charge in [-0.25, -0.2) is 9.79 Å². The zero-order chi connectivity index (χ0) is 23.4. The first kappa shape index (κ1) is 22.5. The number of benzene rings is 2. The molecule has 0 fully saturated rings. The van der Waals surface area contributed by atoms with Crippen molar-refractivity contribution < 1.29 is 19.0 Å². The topological polar surface area (TPSA) is 84.1 Å². The Morgan fingerprint density at radius 3 is 2.82 bits per heavy atom. The number of esters is 1. The Balaban J connectivity index is 1.67. The molecule has 7 nitrogen and oxygen atoms in total. The molecule has 0 N–H and O–H groups in total. The molecule has 0 spiro atoms. The van der Waals surface area contributed by atoms with Gasteiger partial charge in [-0.3, -0.25) is 0 Å². The molecular formula is C25H23N3O4S. The summed E-state index contributed by atoms with van der Waals surface area (Å²) in [5.41, 5.74) is 3.33. The summed E-state index contributed by atoms with van der Waals surface area (Å²) in [7, 11) is 1.57. The van der Waals surface area contributed by atoms with Gasteiger partial charge in [0.2, 0.25) is 0 Å². The number of hydrogen-bond acceptors (Lipinski definition) is 8. The molecule has 0 amide bonds. The van der Waals surface area contributed by atoms with Gasteiger partial charge in [0.25, 0.3) is 0 Å². The molecule has 1 atom stereocenters. The average Bonchev–Trinajstić information content (AvgIpc) is 3.30. The molecule has 33 heavy (non-hydrogen) atoms. The predicted octanol–water partition coefficient (Wildman–Crippen LogP) is 4.91. The Labute approximate surface area is 197 Å². The van der Waals surface area contributed by atoms with Crippen LogP contribution >= 0.6 is 11.8 Å². The number of aliphatic imine (C=N–C) groups is 1. The lowest BCUT2D eigenvalue weighted by atomic mass is 9.94. The summed E-state index contributed by atoms with van der Waals surface area (Å²) in [5.74, 6) is 0.687. The lowest BCUT2D eigenvalue weighted by molar-refractivity contribution is -0.139. The number of carbonyl (C=O) groups excluding carboxylic acids is 1. The molecule has 2 aliphatic heterocycles. The molecule has 2 aromatic rings. The van der Waals surface area contributed by atoms with Gasteiger partial charge in [0.05, 0.1) is 42.7 Å². The number of allylic oxidation sites excluding steroid dienone is 1. The number of nitrogens with zero attached hydrogens (tertiary/aromatic N) is 3. The highest BCUT2D eigenvalue weighted by molar-refractivity contribution is 8.16. The number of fused-ring (bicyclic) bond motifs is 1. The molecule has 0 aromatic heterocycles. The average molecular weight is 462 g/mol. The third-order valence-corrected chi connectivity index (χ3v) is 6.11. The highest BCUT2D eigenvalue weighted by Crippen LogP contribution is 2.43. The van der Waals surface area contributed by atoms with Gasteiger partial charge in [-0.05, 0) is 43.0 Å². The van der Waals surface area contributed by atoms with Gasteiger partial charge < -0.3 is 19.1 Å². The van der Waals surface area contributed by atoms with Crippen molar-refractivity contribution in [1.29, 1.82) is 5.26 Å². The van der Waals surface area contributed by atoms with Crippen LogP contribution in [0, 0.1) is 11.3 Å². The first-order valence-electron chi connectivity index (χ1n) is 10.4. The minimum Gasteiger partial charge on any atom is -0.493 e. The summed E-state index contributed by atoms with van der Waals surface area (Å²) < 4.78 is 16.9. The Bertz CT molecular complexity index is 1210. The lowest BCUT2D eigenvalue weighted by Gasteiger charge is -2.33. The molecule has 2 aliphatic rings. The summed E-state index contributed by atoms with van der Waals surface area (Å²) in [5, 5.41) is 12.0. The second-order valence-corrected chi connectivity index (χ2v) is 8.17. The summed E-state index contributed by atoms with van der Waals surface area (Å²) >= 11 is 1.50. The smallest absolute Gasteiger partial charge is 0.338 e. The minimum absolute atomic E-state index is 0.234. The Morgan fingerprint density at radius 1 is 1.24 bits per heavy atom. The van der Waals surface area contributed by atoms with Crippen LogP contribution < -0.4 is 9.47 Å². The van der Waals surface area contributed by atoms with E-state index in [2.05, 4.69) is 11.1 Å². The van der Waals surface area contributed by atoms with Gasteiger partial charge in [-0.15, -0.1) is 0 Å². The van der Waals surface area contributed by atoms with Crippen molar-refractivity contribution in [2.45, 2.75) is 26.5 Å². The third-order valence-electron chi connectivity index (χ3n) is 5.34. The van der Waals surface area contributed by atoms with Crippen LogP contribution in [0.5, 0.6) is 11.5 Å². The van der Waals surface area contributed by atoms with E-state index in [1.54, 1.807) is 20.1 Å². The van der Waals surface area contributed by atoms with Gasteiger partial charge in [0.15, 0.2) is 16.7 Å². The molecule has 4 rings (SSSR count). The maximum absolute atomic E-state index is 12.8. The van der Waals surface area contributed by atoms with E-state index in [1.807, 2.05) is 59.8 Å². The maximum Gasteiger partial charge on any atom is 0.338 e. The molecular weight excluding hydrogens is 438 g/mol. The number of thioether (sulfide) groups is 1. The molecule has 8 heteroatoms. The molecule has 2 heterocycles. The molecule has 168 valence electrons. The van der Waals surface area contributed by atoms with E-state index in [-0.39, 0.29) is 19.2 Å². The van der Waals surface area contributed by atoms with Crippen LogP contribution in [0.2, 0.25) is 0 Å². The molecule has 2 aromatic carbocycles. The summed E-state index contributed by atoms with van der Waals surface area (Å²) in [6.07, 6.45) is 1.91. The SMILES string of the molecule is CCOC(=O)C1=C(C)N=C2SC=CN2[C@@H]1c1ccc(OCc2ccccc2C#N)c(OC)c1. The fraction of sp³-hybridized carbons (Fsp3) is 0.240. The number of amidine groups is 1. The van der Waals surface area contributed by atoms with Crippen molar-refractivity contribution in [3.8, 4) is 17.6 Å². The number of ether oxygens (including phenoxy) is 3. The summed E-state index contributed by atoms with van der Waals surface area (Å²) in [6.45, 7) is 4.12. The summed E-state index contributed by atoms with van der Waals surface area (Å²) in [4.78, 5) is 19.4. The van der Waals surface area contributed by atoms with E-state index in [4.69, 9.17) is 14.2 Å². The lowest BCUT2D eigenvalue weighted by Crippen LogP contribution is -2.34.